The molecule has 1 saturated heterocycles. The molecule has 0 unspecified atom stereocenters. The summed E-state index contributed by atoms with van der Waals surface area (Å²) < 4.78 is 16.5. The Morgan fingerprint density at radius 2 is 1.69 bits per heavy atom. The second kappa shape index (κ2) is 8.68. The number of imide groups is 1. The van der Waals surface area contributed by atoms with Crippen molar-refractivity contribution < 1.29 is 28.6 Å². The van der Waals surface area contributed by atoms with Crippen molar-refractivity contribution in [2.75, 3.05) is 12.1 Å². The number of ether oxygens (including phenoxy) is 3. The minimum absolute atomic E-state index is 0.0957. The number of benzene rings is 3. The number of fused-ring (bicyclic) bond motifs is 1. The molecular formula is C26H23N3O6. The number of carbonyl (C=O) groups excluding carboxylic acids is 3. The zero-order chi connectivity index (χ0) is 24.6. The highest BCUT2D eigenvalue weighted by atomic mass is 16.7. The van der Waals surface area contributed by atoms with Gasteiger partial charge in [-0.25, -0.2) is 9.69 Å². The van der Waals surface area contributed by atoms with Gasteiger partial charge in [-0.15, -0.1) is 0 Å². The van der Waals surface area contributed by atoms with Crippen molar-refractivity contribution in [1.29, 1.82) is 0 Å². The predicted molar refractivity (Wildman–Crippen MR) is 126 cm³/mol. The van der Waals surface area contributed by atoms with E-state index in [1.807, 2.05) is 30.3 Å². The highest BCUT2D eigenvalue weighted by Gasteiger charge is 2.52. The average molecular weight is 473 g/mol. The van der Waals surface area contributed by atoms with Gasteiger partial charge in [0.15, 0.2) is 11.5 Å². The van der Waals surface area contributed by atoms with E-state index in [9.17, 15) is 14.4 Å². The normalized spacial score (nSPS) is 19.3. The Bertz CT molecular complexity index is 1290. The third kappa shape index (κ3) is 4.12. The highest BCUT2D eigenvalue weighted by molar-refractivity contribution is 6.11. The van der Waals surface area contributed by atoms with E-state index >= 15 is 0 Å². The predicted octanol–water partition coefficient (Wildman–Crippen LogP) is 4.00. The number of nitrogens with one attached hydrogen (secondary N) is 2. The summed E-state index contributed by atoms with van der Waals surface area (Å²) in [4.78, 5) is 39.9. The minimum atomic E-state index is -1.34. The number of anilines is 1. The molecule has 2 atom stereocenters. The Balaban J connectivity index is 1.27. The van der Waals surface area contributed by atoms with E-state index in [0.717, 1.165) is 4.90 Å². The fraction of sp³-hybridized carbons (Fsp3) is 0.192. The molecule has 5 rings (SSSR count). The molecule has 2 heterocycles. The van der Waals surface area contributed by atoms with E-state index in [4.69, 9.17) is 14.2 Å². The first-order valence-electron chi connectivity index (χ1n) is 11.0. The van der Waals surface area contributed by atoms with Gasteiger partial charge in [0.1, 0.15) is 23.1 Å². The van der Waals surface area contributed by atoms with Crippen molar-refractivity contribution in [3.05, 3.63) is 78.4 Å². The summed E-state index contributed by atoms with van der Waals surface area (Å²) in [6.45, 7) is 3.20. The summed E-state index contributed by atoms with van der Waals surface area (Å²) in [5.74, 6) is 1.34. The van der Waals surface area contributed by atoms with E-state index < -0.39 is 29.4 Å². The van der Waals surface area contributed by atoms with Crippen LogP contribution in [-0.4, -0.2) is 35.6 Å². The van der Waals surface area contributed by atoms with Crippen LogP contribution in [0.2, 0.25) is 0 Å². The van der Waals surface area contributed by atoms with Gasteiger partial charge in [-0.1, -0.05) is 24.3 Å². The molecule has 1 fully saturated rings. The summed E-state index contributed by atoms with van der Waals surface area (Å²) in [6, 6.07) is 19.5. The molecule has 2 N–H and O–H groups in total. The third-order valence-corrected chi connectivity index (χ3v) is 6.04. The summed E-state index contributed by atoms with van der Waals surface area (Å²) in [5.41, 5.74) is -0.305. The van der Waals surface area contributed by atoms with Gasteiger partial charge in [0.2, 0.25) is 12.7 Å². The van der Waals surface area contributed by atoms with E-state index in [1.54, 1.807) is 49.4 Å². The van der Waals surface area contributed by atoms with Gasteiger partial charge in [-0.05, 0) is 67.9 Å². The summed E-state index contributed by atoms with van der Waals surface area (Å²) in [6.07, 6.45) is 0. The topological polar surface area (TPSA) is 106 Å². The van der Waals surface area contributed by atoms with Gasteiger partial charge in [0.05, 0.1) is 0 Å². The van der Waals surface area contributed by atoms with Gasteiger partial charge < -0.3 is 24.8 Å². The molecule has 35 heavy (non-hydrogen) atoms. The van der Waals surface area contributed by atoms with E-state index in [1.165, 1.54) is 6.92 Å². The largest absolute Gasteiger partial charge is 0.457 e. The summed E-state index contributed by atoms with van der Waals surface area (Å²) in [7, 11) is 0. The van der Waals surface area contributed by atoms with Gasteiger partial charge >= 0.3 is 6.03 Å². The Hall–Kier alpha value is -4.53. The number of urea groups is 1. The first-order valence-corrected chi connectivity index (χ1v) is 11.0. The number of carbonyl (C=O) groups is 3. The first kappa shape index (κ1) is 22.3. The zero-order valence-corrected chi connectivity index (χ0v) is 19.1. The van der Waals surface area contributed by atoms with E-state index in [-0.39, 0.29) is 6.79 Å². The Morgan fingerprint density at radius 3 is 2.43 bits per heavy atom. The van der Waals surface area contributed by atoms with Gasteiger partial charge in [0.25, 0.3) is 5.91 Å². The second-order valence-electron chi connectivity index (χ2n) is 8.40. The molecule has 178 valence electrons. The SMILES string of the molecule is C[C@@H](C(=O)Nc1ccc(Oc2ccccc2)cc1)N1C(=O)N[C@@](C)(c2ccc3c(c2)OCO3)C1=O. The molecule has 3 aromatic rings. The highest BCUT2D eigenvalue weighted by Crippen LogP contribution is 2.38. The summed E-state index contributed by atoms with van der Waals surface area (Å²) >= 11 is 0. The Labute approximate surface area is 201 Å². The Kier molecular flexibility index (Phi) is 5.52. The molecule has 0 aromatic heterocycles. The number of hydrogen-bond acceptors (Lipinski definition) is 6. The van der Waals surface area contributed by atoms with Gasteiger partial charge in [0, 0.05) is 5.69 Å². The maximum Gasteiger partial charge on any atom is 0.326 e. The molecule has 9 nitrogen and oxygen atoms in total. The smallest absolute Gasteiger partial charge is 0.326 e. The van der Waals surface area contributed by atoms with Crippen molar-refractivity contribution >= 4 is 23.5 Å². The number of rotatable bonds is 6. The maximum atomic E-state index is 13.3. The lowest BCUT2D eigenvalue weighted by Crippen LogP contribution is -2.47. The van der Waals surface area contributed by atoms with Gasteiger partial charge in [-0.3, -0.25) is 9.59 Å². The van der Waals surface area contributed by atoms with E-state index in [2.05, 4.69) is 10.6 Å². The van der Waals surface area contributed by atoms with Crippen molar-refractivity contribution in [3.8, 4) is 23.0 Å². The standard InChI is InChI=1S/C26H23N3O6/c1-16(23(30)27-18-9-11-20(12-10-18)35-19-6-4-3-5-7-19)29-24(31)26(2,28-25(29)32)17-8-13-21-22(14-17)34-15-33-21/h3-14,16H,15H2,1-2H3,(H,27,30)(H,28,32)/t16-,26-/m0/s1. The van der Waals surface area contributed by atoms with Crippen LogP contribution < -0.4 is 24.8 Å². The van der Waals surface area contributed by atoms with Crippen LogP contribution in [0.25, 0.3) is 0 Å². The van der Waals surface area contributed by atoms with Gasteiger partial charge in [-0.2, -0.15) is 0 Å². The van der Waals surface area contributed by atoms with Crippen LogP contribution in [0, 0.1) is 0 Å². The number of amides is 4. The van der Waals surface area contributed by atoms with Crippen molar-refractivity contribution in [2.24, 2.45) is 0 Å². The number of nitrogens with zero attached hydrogens (tertiary/aromatic N) is 1. The quantitative estimate of drug-likeness (QED) is 0.524. The lowest BCUT2D eigenvalue weighted by atomic mass is 9.91. The van der Waals surface area contributed by atoms with Crippen LogP contribution >= 0.6 is 0 Å². The van der Waals surface area contributed by atoms with Crippen LogP contribution in [0.5, 0.6) is 23.0 Å². The van der Waals surface area contributed by atoms with Crippen LogP contribution in [0.15, 0.2) is 72.8 Å². The molecule has 3 aromatic carbocycles. The molecule has 4 amide bonds. The van der Waals surface area contributed by atoms with E-state index in [0.29, 0.717) is 34.2 Å². The first-order chi connectivity index (χ1) is 16.8. The van der Waals surface area contributed by atoms with Crippen molar-refractivity contribution in [3.63, 3.8) is 0 Å². The van der Waals surface area contributed by atoms with Crippen molar-refractivity contribution in [2.45, 2.75) is 25.4 Å². The fourth-order valence-electron chi connectivity index (χ4n) is 4.01. The average Bonchev–Trinajstić information content (AvgIpc) is 3.42. The number of hydrogen-bond donors (Lipinski definition) is 2. The lowest BCUT2D eigenvalue weighted by molar-refractivity contribution is -0.136. The molecule has 0 saturated carbocycles. The lowest BCUT2D eigenvalue weighted by Gasteiger charge is -2.24. The molecule has 2 aliphatic rings. The molecule has 0 spiro atoms. The molecule has 0 radical (unpaired) electrons. The maximum absolute atomic E-state index is 13.3. The molecular weight excluding hydrogens is 450 g/mol. The zero-order valence-electron chi connectivity index (χ0n) is 19.1. The van der Waals surface area contributed by atoms with Crippen LogP contribution in [0.3, 0.4) is 0 Å². The molecule has 2 aliphatic heterocycles. The second-order valence-corrected chi connectivity index (χ2v) is 8.40. The van der Waals surface area contributed by atoms with Crippen LogP contribution in [0.1, 0.15) is 19.4 Å². The molecule has 9 heteroatoms. The number of para-hydroxylation sites is 1. The monoisotopic (exact) mass is 473 g/mol. The van der Waals surface area contributed by atoms with Crippen molar-refractivity contribution in [1.82, 2.24) is 10.2 Å². The summed E-state index contributed by atoms with van der Waals surface area (Å²) in [5, 5.41) is 5.46. The third-order valence-electron chi connectivity index (χ3n) is 6.04. The minimum Gasteiger partial charge on any atom is -0.457 e. The Morgan fingerprint density at radius 1 is 1.00 bits per heavy atom. The van der Waals surface area contributed by atoms with Crippen LogP contribution in [-0.2, 0) is 15.1 Å². The molecule has 0 aliphatic carbocycles. The van der Waals surface area contributed by atoms with Crippen LogP contribution in [0.4, 0.5) is 10.5 Å². The molecule has 0 bridgehead atoms. The fourth-order valence-corrected chi connectivity index (χ4v) is 4.01.